The third kappa shape index (κ3) is 4.93. The summed E-state index contributed by atoms with van der Waals surface area (Å²) < 4.78 is 73.2. The first-order chi connectivity index (χ1) is 17.9. The number of alkyl halides is 3. The molecule has 1 N–H and O–H groups in total. The van der Waals surface area contributed by atoms with Crippen molar-refractivity contribution >= 4 is 18.0 Å². The number of aliphatic imine (C=N–C) groups is 1. The maximum atomic E-state index is 14.7. The maximum Gasteiger partial charge on any atom is 0.416 e. The van der Waals surface area contributed by atoms with Gasteiger partial charge in [0.2, 0.25) is 0 Å². The molecule has 1 atom stereocenters. The normalized spacial score (nSPS) is 16.6. The molecule has 3 aromatic rings. The largest absolute Gasteiger partial charge is 0.496 e. The number of ether oxygens (including phenoxy) is 1. The highest BCUT2D eigenvalue weighted by molar-refractivity contribution is 6.07. The summed E-state index contributed by atoms with van der Waals surface area (Å²) >= 11 is 0. The highest BCUT2D eigenvalue weighted by Gasteiger charge is 2.40. The number of nitrogens with zero attached hydrogens (tertiary/aromatic N) is 1. The zero-order chi connectivity index (χ0) is 27.8. The minimum atomic E-state index is -4.78. The summed E-state index contributed by atoms with van der Waals surface area (Å²) in [5.74, 6) is -4.18. The molecule has 1 aliphatic rings. The first kappa shape index (κ1) is 26.7. The quantitative estimate of drug-likeness (QED) is 0.281. The van der Waals surface area contributed by atoms with Gasteiger partial charge in [0, 0.05) is 12.6 Å². The number of methoxy groups -OCH3 is 1. The molecule has 4 rings (SSSR count). The molecule has 0 spiro atoms. The summed E-state index contributed by atoms with van der Waals surface area (Å²) in [4.78, 5) is 29.2. The fraction of sp³-hybridized carbons (Fsp3) is 0.179. The second-order valence-corrected chi connectivity index (χ2v) is 8.74. The van der Waals surface area contributed by atoms with E-state index in [-0.39, 0.29) is 12.5 Å². The van der Waals surface area contributed by atoms with E-state index in [0.717, 1.165) is 12.1 Å². The second kappa shape index (κ2) is 9.85. The molecule has 196 valence electrons. The number of rotatable bonds is 7. The fourth-order valence-electron chi connectivity index (χ4n) is 4.37. The van der Waals surface area contributed by atoms with E-state index in [1.165, 1.54) is 31.5 Å². The molecule has 3 aromatic carbocycles. The van der Waals surface area contributed by atoms with Crippen LogP contribution in [-0.4, -0.2) is 35.7 Å². The van der Waals surface area contributed by atoms with Crippen molar-refractivity contribution in [3.63, 3.8) is 0 Å². The molecule has 0 aliphatic carbocycles. The van der Waals surface area contributed by atoms with Gasteiger partial charge >= 0.3 is 12.1 Å². The molecule has 38 heavy (non-hydrogen) atoms. The molecule has 0 fully saturated rings. The highest BCUT2D eigenvalue weighted by atomic mass is 19.4. The van der Waals surface area contributed by atoms with Gasteiger partial charge in [-0.15, -0.1) is 0 Å². The number of ketones is 1. The Hall–Kier alpha value is -4.34. The van der Waals surface area contributed by atoms with Gasteiger partial charge in [0.15, 0.2) is 5.78 Å². The Morgan fingerprint density at radius 2 is 1.71 bits per heavy atom. The van der Waals surface area contributed by atoms with E-state index in [1.54, 1.807) is 25.1 Å². The average molecular weight is 529 g/mol. The molecule has 1 aliphatic heterocycles. The predicted octanol–water partition coefficient (Wildman–Crippen LogP) is 6.47. The van der Waals surface area contributed by atoms with Crippen molar-refractivity contribution in [2.75, 3.05) is 7.11 Å². The zero-order valence-electron chi connectivity index (χ0n) is 20.1. The zero-order valence-corrected chi connectivity index (χ0v) is 20.1. The summed E-state index contributed by atoms with van der Waals surface area (Å²) in [6.45, 7) is 1.61. The third-order valence-electron chi connectivity index (χ3n) is 6.29. The summed E-state index contributed by atoms with van der Waals surface area (Å²) in [6, 6.07) is 8.80. The van der Waals surface area contributed by atoms with Crippen LogP contribution in [0, 0.1) is 18.6 Å². The molecule has 10 heteroatoms. The number of benzene rings is 3. The van der Waals surface area contributed by atoms with E-state index in [4.69, 9.17) is 4.74 Å². The van der Waals surface area contributed by atoms with Gasteiger partial charge < -0.3 is 9.84 Å². The fourth-order valence-corrected chi connectivity index (χ4v) is 4.37. The Balaban J connectivity index is 1.78. The summed E-state index contributed by atoms with van der Waals surface area (Å²) in [6.07, 6.45) is -0.705. The monoisotopic (exact) mass is 529 g/mol. The third-order valence-corrected chi connectivity index (χ3v) is 6.29. The lowest BCUT2D eigenvalue weighted by atomic mass is 9.83. The number of aryl methyl sites for hydroxylation is 1. The standard InChI is InChI=1S/C28H20F5NO4/c1-15-10-22(29)21(26(36)37)13-20(15)16-4-7-24(38-2)17(11-16)14-27(8-3-9-34-27)25(35)19-6-5-18(12-23(19)30)28(31,32)33/h3-13H,14H2,1-2H3,(H,36,37). The van der Waals surface area contributed by atoms with E-state index >= 15 is 0 Å². The molecule has 1 heterocycles. The Kier molecular flexibility index (Phi) is 6.92. The number of carboxylic acids is 1. The van der Waals surface area contributed by atoms with Crippen LogP contribution in [0.3, 0.4) is 0 Å². The lowest BCUT2D eigenvalue weighted by Crippen LogP contribution is -2.36. The summed E-state index contributed by atoms with van der Waals surface area (Å²) in [7, 11) is 1.39. The van der Waals surface area contributed by atoms with Gasteiger partial charge in [-0.2, -0.15) is 13.2 Å². The van der Waals surface area contributed by atoms with E-state index in [2.05, 4.69) is 4.99 Å². The topological polar surface area (TPSA) is 76.0 Å². The molecule has 0 saturated heterocycles. The number of hydrogen-bond donors (Lipinski definition) is 1. The summed E-state index contributed by atoms with van der Waals surface area (Å²) in [5, 5.41) is 9.33. The maximum absolute atomic E-state index is 14.7. The number of halogens is 5. The first-order valence-corrected chi connectivity index (χ1v) is 11.2. The molecule has 0 radical (unpaired) electrons. The Labute approximate surface area is 213 Å². The van der Waals surface area contributed by atoms with Crippen molar-refractivity contribution < 1.29 is 41.4 Å². The predicted molar refractivity (Wildman–Crippen MR) is 130 cm³/mol. The molecule has 5 nitrogen and oxygen atoms in total. The van der Waals surface area contributed by atoms with Crippen LogP contribution in [0.4, 0.5) is 22.0 Å². The average Bonchev–Trinajstić information content (AvgIpc) is 3.32. The number of hydrogen-bond acceptors (Lipinski definition) is 4. The van der Waals surface area contributed by atoms with Gasteiger partial charge in [-0.3, -0.25) is 9.79 Å². The molecular weight excluding hydrogens is 509 g/mol. The van der Waals surface area contributed by atoms with E-state index < -0.39 is 51.8 Å². The smallest absolute Gasteiger partial charge is 0.416 e. The number of aromatic carboxylic acids is 1. The molecule has 1 unspecified atom stereocenters. The number of carbonyl (C=O) groups is 2. The first-order valence-electron chi connectivity index (χ1n) is 11.2. The van der Waals surface area contributed by atoms with E-state index in [1.807, 2.05) is 0 Å². The second-order valence-electron chi connectivity index (χ2n) is 8.74. The highest BCUT2D eigenvalue weighted by Crippen LogP contribution is 2.37. The van der Waals surface area contributed by atoms with Crippen molar-refractivity contribution in [3.05, 3.63) is 100 Å². The SMILES string of the molecule is COc1ccc(-c2cc(C(=O)O)c(F)cc2C)cc1CC1(C(=O)c2ccc(C(F)(F)F)cc2F)C=CC=N1. The van der Waals surface area contributed by atoms with Gasteiger partial charge in [0.25, 0.3) is 0 Å². The van der Waals surface area contributed by atoms with Crippen molar-refractivity contribution in [2.24, 2.45) is 4.99 Å². The number of carboxylic acid groups (broad SMARTS) is 1. The van der Waals surface area contributed by atoms with Crippen LogP contribution in [-0.2, 0) is 12.6 Å². The Morgan fingerprint density at radius 1 is 1.00 bits per heavy atom. The van der Waals surface area contributed by atoms with Gasteiger partial charge in [-0.25, -0.2) is 13.6 Å². The number of carbonyl (C=O) groups excluding carboxylic acids is 1. The van der Waals surface area contributed by atoms with Crippen molar-refractivity contribution in [3.8, 4) is 16.9 Å². The molecule has 0 bridgehead atoms. The molecule has 0 amide bonds. The lowest BCUT2D eigenvalue weighted by Gasteiger charge is -2.25. The van der Waals surface area contributed by atoms with Crippen LogP contribution in [0.25, 0.3) is 11.1 Å². The lowest BCUT2D eigenvalue weighted by molar-refractivity contribution is -0.137. The van der Waals surface area contributed by atoms with Crippen LogP contribution >= 0.6 is 0 Å². The van der Waals surface area contributed by atoms with Gasteiger partial charge in [0.1, 0.15) is 22.9 Å². The Morgan fingerprint density at radius 3 is 2.29 bits per heavy atom. The number of Topliss-reactive ketones (excluding diaryl/α,β-unsaturated/α-hetero) is 1. The number of allylic oxidation sites excluding steroid dienone is 1. The van der Waals surface area contributed by atoms with Crippen molar-refractivity contribution in [1.29, 1.82) is 0 Å². The molecule has 0 aromatic heterocycles. The molecular formula is C28H20F5NO4. The summed E-state index contributed by atoms with van der Waals surface area (Å²) in [5.41, 5.74) is -2.17. The Bertz CT molecular complexity index is 1500. The van der Waals surface area contributed by atoms with E-state index in [9.17, 15) is 36.6 Å². The van der Waals surface area contributed by atoms with Crippen LogP contribution < -0.4 is 4.74 Å². The van der Waals surface area contributed by atoms with Crippen LogP contribution in [0.15, 0.2) is 65.7 Å². The van der Waals surface area contributed by atoms with Crippen LogP contribution in [0.5, 0.6) is 5.75 Å². The van der Waals surface area contributed by atoms with Crippen molar-refractivity contribution in [2.45, 2.75) is 25.1 Å². The minimum Gasteiger partial charge on any atom is -0.496 e. The van der Waals surface area contributed by atoms with E-state index in [0.29, 0.717) is 34.1 Å². The van der Waals surface area contributed by atoms with Gasteiger partial charge in [0.05, 0.1) is 23.8 Å². The van der Waals surface area contributed by atoms with Crippen LogP contribution in [0.2, 0.25) is 0 Å². The van der Waals surface area contributed by atoms with Crippen molar-refractivity contribution in [1.82, 2.24) is 0 Å². The van der Waals surface area contributed by atoms with Crippen LogP contribution in [0.1, 0.15) is 37.4 Å². The molecule has 0 saturated carbocycles. The van der Waals surface area contributed by atoms with Gasteiger partial charge in [-0.05, 0) is 83.8 Å². The van der Waals surface area contributed by atoms with Gasteiger partial charge in [-0.1, -0.05) is 6.07 Å². The minimum absolute atomic E-state index is 0.150.